The number of carbonyl (C=O) groups is 1. The smallest absolute Gasteiger partial charge is 0.306 e. The number of esters is 1. The molecule has 0 rings (SSSR count). The lowest BCUT2D eigenvalue weighted by atomic mass is 9.84. The van der Waals surface area contributed by atoms with Crippen molar-refractivity contribution < 1.29 is 9.53 Å². The number of carbonyl (C=O) groups excluding carboxylic acids is 1. The zero-order chi connectivity index (χ0) is 11.0. The number of ether oxygens (including phenoxy) is 1. The first-order valence-corrected chi connectivity index (χ1v) is 4.77. The Hall–Kier alpha value is -1.23. The van der Waals surface area contributed by atoms with Crippen LogP contribution in [0.1, 0.15) is 33.6 Å². The van der Waals surface area contributed by atoms with E-state index in [1.54, 1.807) is 19.9 Å². The van der Waals surface area contributed by atoms with Crippen molar-refractivity contribution in [3.63, 3.8) is 0 Å². The Balaban J connectivity index is 4.28. The number of hydrogen-bond acceptors (Lipinski definition) is 2. The molecular weight excluding hydrogens is 176 g/mol. The first-order valence-electron chi connectivity index (χ1n) is 4.77. The van der Waals surface area contributed by atoms with Crippen LogP contribution in [0.15, 0.2) is 12.7 Å². The van der Waals surface area contributed by atoms with Crippen molar-refractivity contribution in [2.75, 3.05) is 6.61 Å². The standard InChI is InChI=1S/C12H18O2/c1-5-8-9-12(4,6-2)10-11(13)14-7-3/h6H,2,7,9-10H2,1,3-4H3. The van der Waals surface area contributed by atoms with E-state index in [-0.39, 0.29) is 11.4 Å². The van der Waals surface area contributed by atoms with Gasteiger partial charge in [-0.3, -0.25) is 4.79 Å². The van der Waals surface area contributed by atoms with E-state index < -0.39 is 0 Å². The van der Waals surface area contributed by atoms with Gasteiger partial charge in [0.1, 0.15) is 0 Å². The molecule has 0 spiro atoms. The van der Waals surface area contributed by atoms with Gasteiger partial charge in [-0.05, 0) is 13.8 Å². The summed E-state index contributed by atoms with van der Waals surface area (Å²) in [6, 6.07) is 0. The second-order valence-electron chi connectivity index (χ2n) is 3.44. The quantitative estimate of drug-likeness (QED) is 0.382. The van der Waals surface area contributed by atoms with Gasteiger partial charge in [-0.2, -0.15) is 0 Å². The molecule has 0 fully saturated rings. The summed E-state index contributed by atoms with van der Waals surface area (Å²) in [5.41, 5.74) is -0.269. The molecule has 0 saturated heterocycles. The molecule has 14 heavy (non-hydrogen) atoms. The highest BCUT2D eigenvalue weighted by Gasteiger charge is 2.23. The molecule has 0 aliphatic heterocycles. The molecule has 1 atom stereocenters. The van der Waals surface area contributed by atoms with Crippen LogP contribution in [0.3, 0.4) is 0 Å². The molecule has 1 unspecified atom stereocenters. The molecule has 0 N–H and O–H groups in total. The van der Waals surface area contributed by atoms with Crippen LogP contribution in [0.4, 0.5) is 0 Å². The lowest BCUT2D eigenvalue weighted by molar-refractivity contribution is -0.144. The highest BCUT2D eigenvalue weighted by molar-refractivity contribution is 5.70. The third kappa shape index (κ3) is 4.71. The van der Waals surface area contributed by atoms with Gasteiger partial charge in [0.2, 0.25) is 0 Å². The predicted octanol–water partition coefficient (Wildman–Crippen LogP) is 2.55. The number of rotatable bonds is 5. The molecule has 0 aromatic carbocycles. The van der Waals surface area contributed by atoms with Crippen molar-refractivity contribution in [2.45, 2.75) is 33.6 Å². The van der Waals surface area contributed by atoms with Crippen LogP contribution < -0.4 is 0 Å². The summed E-state index contributed by atoms with van der Waals surface area (Å²) in [5, 5.41) is 0. The Morgan fingerprint density at radius 2 is 2.29 bits per heavy atom. The van der Waals surface area contributed by atoms with E-state index in [1.807, 2.05) is 6.92 Å². The Bertz CT molecular complexity index is 257. The summed E-state index contributed by atoms with van der Waals surface area (Å²) in [4.78, 5) is 11.3. The maximum absolute atomic E-state index is 11.3. The second kappa shape index (κ2) is 6.26. The Labute approximate surface area is 86.3 Å². The molecule has 0 aliphatic rings. The van der Waals surface area contributed by atoms with Gasteiger partial charge in [0.15, 0.2) is 0 Å². The molecule has 2 heteroatoms. The molecule has 0 radical (unpaired) electrons. The summed E-state index contributed by atoms with van der Waals surface area (Å²) in [6.07, 6.45) is 2.76. The number of hydrogen-bond donors (Lipinski definition) is 0. The predicted molar refractivity (Wildman–Crippen MR) is 57.6 cm³/mol. The van der Waals surface area contributed by atoms with Crippen molar-refractivity contribution >= 4 is 5.97 Å². The molecule has 0 aromatic rings. The van der Waals surface area contributed by atoms with Crippen LogP contribution in [-0.4, -0.2) is 12.6 Å². The fourth-order valence-corrected chi connectivity index (χ4v) is 1.04. The van der Waals surface area contributed by atoms with E-state index >= 15 is 0 Å². The fourth-order valence-electron chi connectivity index (χ4n) is 1.04. The Morgan fingerprint density at radius 3 is 2.71 bits per heavy atom. The molecule has 0 saturated carbocycles. The Morgan fingerprint density at radius 1 is 1.64 bits per heavy atom. The Kier molecular flexibility index (Phi) is 5.71. The third-order valence-electron chi connectivity index (χ3n) is 2.02. The monoisotopic (exact) mass is 194 g/mol. The van der Waals surface area contributed by atoms with Crippen molar-refractivity contribution in [3.05, 3.63) is 12.7 Å². The lowest BCUT2D eigenvalue weighted by Gasteiger charge is -2.21. The van der Waals surface area contributed by atoms with E-state index in [0.29, 0.717) is 19.4 Å². The minimum absolute atomic E-state index is 0.187. The first-order chi connectivity index (χ1) is 6.58. The molecule has 0 heterocycles. The fraction of sp³-hybridized carbons (Fsp3) is 0.583. The zero-order valence-corrected chi connectivity index (χ0v) is 9.22. The van der Waals surface area contributed by atoms with Gasteiger partial charge >= 0.3 is 5.97 Å². The minimum Gasteiger partial charge on any atom is -0.466 e. The van der Waals surface area contributed by atoms with E-state index in [1.165, 1.54) is 0 Å². The van der Waals surface area contributed by atoms with Crippen LogP contribution in [0.25, 0.3) is 0 Å². The van der Waals surface area contributed by atoms with E-state index in [9.17, 15) is 4.79 Å². The van der Waals surface area contributed by atoms with E-state index in [0.717, 1.165) is 0 Å². The first kappa shape index (κ1) is 12.8. The molecular formula is C12H18O2. The lowest BCUT2D eigenvalue weighted by Crippen LogP contribution is -2.19. The van der Waals surface area contributed by atoms with Crippen LogP contribution in [-0.2, 0) is 9.53 Å². The summed E-state index contributed by atoms with van der Waals surface area (Å²) >= 11 is 0. The van der Waals surface area contributed by atoms with Gasteiger partial charge in [-0.25, -0.2) is 0 Å². The minimum atomic E-state index is -0.269. The topological polar surface area (TPSA) is 26.3 Å². The summed E-state index contributed by atoms with van der Waals surface area (Å²) < 4.78 is 4.88. The SMILES string of the molecule is C=CC(C)(CC#CC)CC(=O)OCC. The van der Waals surface area contributed by atoms with Crippen LogP contribution >= 0.6 is 0 Å². The van der Waals surface area contributed by atoms with Crippen molar-refractivity contribution in [3.8, 4) is 11.8 Å². The number of allylic oxidation sites excluding steroid dienone is 1. The average molecular weight is 194 g/mol. The van der Waals surface area contributed by atoms with Crippen molar-refractivity contribution in [2.24, 2.45) is 5.41 Å². The van der Waals surface area contributed by atoms with Gasteiger partial charge in [0.25, 0.3) is 0 Å². The summed E-state index contributed by atoms with van der Waals surface area (Å²) in [5.74, 6) is 5.58. The maximum Gasteiger partial charge on any atom is 0.306 e. The van der Waals surface area contributed by atoms with Gasteiger partial charge in [0, 0.05) is 11.8 Å². The molecule has 2 nitrogen and oxygen atoms in total. The largest absolute Gasteiger partial charge is 0.466 e. The van der Waals surface area contributed by atoms with Crippen LogP contribution in [0.2, 0.25) is 0 Å². The molecule has 0 aromatic heterocycles. The van der Waals surface area contributed by atoms with Crippen molar-refractivity contribution in [1.82, 2.24) is 0 Å². The molecule has 0 amide bonds. The van der Waals surface area contributed by atoms with E-state index in [4.69, 9.17) is 4.74 Å². The molecule has 0 aliphatic carbocycles. The maximum atomic E-state index is 11.3. The van der Waals surface area contributed by atoms with E-state index in [2.05, 4.69) is 18.4 Å². The highest BCUT2D eigenvalue weighted by Crippen LogP contribution is 2.27. The van der Waals surface area contributed by atoms with Gasteiger partial charge < -0.3 is 4.74 Å². The van der Waals surface area contributed by atoms with Crippen LogP contribution in [0.5, 0.6) is 0 Å². The van der Waals surface area contributed by atoms with Gasteiger partial charge in [0.05, 0.1) is 13.0 Å². The average Bonchev–Trinajstić information content (AvgIpc) is 2.15. The second-order valence-corrected chi connectivity index (χ2v) is 3.44. The normalized spacial score (nSPS) is 13.4. The van der Waals surface area contributed by atoms with Crippen LogP contribution in [0, 0.1) is 17.3 Å². The zero-order valence-electron chi connectivity index (χ0n) is 9.22. The molecule has 0 bridgehead atoms. The third-order valence-corrected chi connectivity index (χ3v) is 2.02. The van der Waals surface area contributed by atoms with Gasteiger partial charge in [-0.1, -0.05) is 13.0 Å². The molecule has 78 valence electrons. The van der Waals surface area contributed by atoms with Gasteiger partial charge in [-0.15, -0.1) is 18.4 Å². The van der Waals surface area contributed by atoms with Crippen molar-refractivity contribution in [1.29, 1.82) is 0 Å². The summed E-state index contributed by atoms with van der Waals surface area (Å²) in [7, 11) is 0. The highest BCUT2D eigenvalue weighted by atomic mass is 16.5. The summed E-state index contributed by atoms with van der Waals surface area (Å²) in [6.45, 7) is 9.69.